The van der Waals surface area contributed by atoms with E-state index in [2.05, 4.69) is 4.98 Å². The SMILES string of the molecule is CSc1ccc(-c2nc(COCC([NH-])=O)c(C)o2)cc1.[Rb+]. The molecule has 0 spiro atoms. The first-order valence-electron chi connectivity index (χ1n) is 6.03. The van der Waals surface area contributed by atoms with Crippen molar-refractivity contribution in [2.24, 2.45) is 0 Å². The van der Waals surface area contributed by atoms with Crippen molar-refractivity contribution in [2.75, 3.05) is 12.9 Å². The zero-order valence-electron chi connectivity index (χ0n) is 12.3. The number of thioether (sulfide) groups is 1. The van der Waals surface area contributed by atoms with Crippen LogP contribution in [0.3, 0.4) is 0 Å². The molecule has 0 aliphatic heterocycles. The van der Waals surface area contributed by atoms with Crippen LogP contribution in [-0.2, 0) is 16.1 Å². The average Bonchev–Trinajstić information content (AvgIpc) is 2.80. The van der Waals surface area contributed by atoms with Gasteiger partial charge < -0.3 is 19.7 Å². The minimum absolute atomic E-state index is 0. The molecule has 0 unspecified atom stereocenters. The van der Waals surface area contributed by atoms with Gasteiger partial charge in [0.1, 0.15) is 11.5 Å². The van der Waals surface area contributed by atoms with Gasteiger partial charge in [0.2, 0.25) is 5.89 Å². The summed E-state index contributed by atoms with van der Waals surface area (Å²) < 4.78 is 10.7. The van der Waals surface area contributed by atoms with Crippen LogP contribution < -0.4 is 58.2 Å². The van der Waals surface area contributed by atoms with Gasteiger partial charge in [-0.3, -0.25) is 0 Å². The smallest absolute Gasteiger partial charge is 0.666 e. The molecule has 7 heteroatoms. The number of nitrogens with zero attached hydrogens (tertiary/aromatic N) is 1. The number of rotatable bonds is 6. The summed E-state index contributed by atoms with van der Waals surface area (Å²) in [6.45, 7) is 1.74. The topological polar surface area (TPSA) is 76.1 Å². The molecule has 1 N–H and O–H groups in total. The summed E-state index contributed by atoms with van der Waals surface area (Å²) in [5.74, 6) is 0.441. The molecule has 2 rings (SSSR count). The minimum atomic E-state index is -0.751. The molecule has 1 aromatic heterocycles. The zero-order chi connectivity index (χ0) is 14.5. The third-order valence-electron chi connectivity index (χ3n) is 2.70. The Hall–Kier alpha value is 0.0152. The Balaban J connectivity index is 0.00000220. The summed E-state index contributed by atoms with van der Waals surface area (Å²) in [6, 6.07) is 7.92. The van der Waals surface area contributed by atoms with Gasteiger partial charge in [-0.1, -0.05) is 0 Å². The fourth-order valence-electron chi connectivity index (χ4n) is 1.66. The van der Waals surface area contributed by atoms with Crippen LogP contribution in [0.25, 0.3) is 17.2 Å². The zero-order valence-corrected chi connectivity index (χ0v) is 18.0. The number of nitrogens with one attached hydrogen (secondary N) is 1. The summed E-state index contributed by atoms with van der Waals surface area (Å²) in [5, 5.41) is 0. The van der Waals surface area contributed by atoms with Crippen molar-refractivity contribution >= 4 is 17.7 Å². The summed E-state index contributed by atoms with van der Waals surface area (Å²) in [5.41, 5.74) is 8.31. The minimum Gasteiger partial charge on any atom is -0.666 e. The van der Waals surface area contributed by atoms with Crippen LogP contribution in [0.2, 0.25) is 0 Å². The van der Waals surface area contributed by atoms with Crippen molar-refractivity contribution in [1.29, 1.82) is 0 Å². The van der Waals surface area contributed by atoms with Gasteiger partial charge >= 0.3 is 58.2 Å². The predicted molar refractivity (Wildman–Crippen MR) is 77.4 cm³/mol. The Morgan fingerprint density at radius 3 is 2.62 bits per heavy atom. The average molecular weight is 377 g/mol. The normalized spacial score (nSPS) is 10.2. The summed E-state index contributed by atoms with van der Waals surface area (Å²) >= 11 is 1.67. The number of hydrogen-bond donors (Lipinski definition) is 0. The maximum atomic E-state index is 10.5. The quantitative estimate of drug-likeness (QED) is 0.685. The third kappa shape index (κ3) is 5.61. The Morgan fingerprint density at radius 2 is 2.05 bits per heavy atom. The molecule has 0 aliphatic rings. The third-order valence-corrected chi connectivity index (χ3v) is 3.45. The first-order chi connectivity index (χ1) is 9.60. The van der Waals surface area contributed by atoms with Crippen LogP contribution in [-0.4, -0.2) is 23.8 Å². The van der Waals surface area contributed by atoms with Crippen LogP contribution in [0, 0.1) is 6.92 Å². The van der Waals surface area contributed by atoms with Crippen molar-refractivity contribution < 1.29 is 72.1 Å². The summed E-state index contributed by atoms with van der Waals surface area (Å²) in [6.07, 6.45) is 2.02. The van der Waals surface area contributed by atoms with E-state index < -0.39 is 5.91 Å². The Kier molecular flexibility index (Phi) is 8.37. The van der Waals surface area contributed by atoms with Gasteiger partial charge in [0.05, 0.1) is 19.1 Å². The van der Waals surface area contributed by atoms with Gasteiger partial charge in [-0.2, -0.15) is 0 Å². The van der Waals surface area contributed by atoms with Gasteiger partial charge in [-0.15, -0.1) is 11.8 Å². The standard InChI is InChI=1S/C14H16N2O3S.Rb/c1-9-12(7-18-8-13(15)17)16-14(19-9)10-3-5-11(20-2)6-4-10;/h3-6H,7-8H2,1-2H3,(H2,15,17);/q;+1/p-1. The van der Waals surface area contributed by atoms with Crippen LogP contribution in [0.15, 0.2) is 33.6 Å². The maximum Gasteiger partial charge on any atom is 1.00 e. The molecule has 0 bridgehead atoms. The van der Waals surface area contributed by atoms with E-state index in [1.165, 1.54) is 4.90 Å². The first kappa shape index (κ1) is 19.1. The number of carbonyl (C=O) groups is 1. The van der Waals surface area contributed by atoms with Crippen LogP contribution in [0.4, 0.5) is 0 Å². The fourth-order valence-corrected chi connectivity index (χ4v) is 2.07. The molecule has 21 heavy (non-hydrogen) atoms. The molecule has 0 saturated heterocycles. The van der Waals surface area contributed by atoms with E-state index in [0.717, 1.165) is 5.56 Å². The van der Waals surface area contributed by atoms with Crippen LogP contribution in [0.1, 0.15) is 11.5 Å². The molecular weight excluding hydrogens is 362 g/mol. The van der Waals surface area contributed by atoms with E-state index in [-0.39, 0.29) is 71.4 Å². The molecular formula is C14H15N2O3RbS. The number of carbonyl (C=O) groups excluding carboxylic acids is 1. The van der Waals surface area contributed by atoms with Gasteiger partial charge in [0, 0.05) is 10.5 Å². The molecule has 0 fully saturated rings. The van der Waals surface area contributed by atoms with E-state index >= 15 is 0 Å². The number of aromatic nitrogens is 1. The number of oxazole rings is 1. The van der Waals surface area contributed by atoms with Gasteiger partial charge in [0.15, 0.2) is 0 Å². The van der Waals surface area contributed by atoms with E-state index in [1.54, 1.807) is 18.7 Å². The van der Waals surface area contributed by atoms with Crippen molar-refractivity contribution in [3.05, 3.63) is 41.5 Å². The van der Waals surface area contributed by atoms with Gasteiger partial charge in [0.25, 0.3) is 0 Å². The van der Waals surface area contributed by atoms with Gasteiger partial charge in [-0.25, -0.2) is 4.98 Å². The van der Waals surface area contributed by atoms with Crippen LogP contribution in [0.5, 0.6) is 0 Å². The molecule has 0 radical (unpaired) electrons. The van der Waals surface area contributed by atoms with Gasteiger partial charge in [-0.05, 0) is 37.4 Å². The Bertz CT molecular complexity index is 599. The van der Waals surface area contributed by atoms with E-state index in [4.69, 9.17) is 14.9 Å². The van der Waals surface area contributed by atoms with E-state index in [9.17, 15) is 4.79 Å². The maximum absolute atomic E-state index is 10.5. The number of ether oxygens (including phenoxy) is 1. The van der Waals surface area contributed by atoms with Crippen molar-refractivity contribution in [1.82, 2.24) is 4.98 Å². The van der Waals surface area contributed by atoms with Crippen LogP contribution >= 0.6 is 11.8 Å². The summed E-state index contributed by atoms with van der Waals surface area (Å²) in [4.78, 5) is 16.0. The molecule has 0 atom stereocenters. The fraction of sp³-hybridized carbons (Fsp3) is 0.286. The predicted octanol–water partition coefficient (Wildman–Crippen LogP) is 0.471. The molecule has 2 aromatic rings. The molecule has 1 aromatic carbocycles. The van der Waals surface area contributed by atoms with Crippen molar-refractivity contribution in [3.63, 3.8) is 0 Å². The Labute approximate surface area is 176 Å². The van der Waals surface area contributed by atoms with Crippen molar-refractivity contribution in [2.45, 2.75) is 18.4 Å². The second-order valence-electron chi connectivity index (χ2n) is 4.17. The second kappa shape index (κ2) is 9.22. The molecule has 1 amide bonds. The largest absolute Gasteiger partial charge is 1.00 e. The number of aryl methyl sites for hydroxylation is 1. The molecule has 5 nitrogen and oxygen atoms in total. The Morgan fingerprint density at radius 1 is 1.38 bits per heavy atom. The molecule has 0 aliphatic carbocycles. The summed E-state index contributed by atoms with van der Waals surface area (Å²) in [7, 11) is 0. The van der Waals surface area contributed by atoms with E-state index in [0.29, 0.717) is 17.3 Å². The first-order valence-corrected chi connectivity index (χ1v) is 7.25. The van der Waals surface area contributed by atoms with Crippen molar-refractivity contribution in [3.8, 4) is 11.5 Å². The molecule has 0 saturated carbocycles. The number of hydrogen-bond acceptors (Lipinski definition) is 5. The number of amides is 1. The van der Waals surface area contributed by atoms with E-state index in [1.807, 2.05) is 30.5 Å². The molecule has 1 heterocycles. The molecule has 106 valence electrons. The number of benzene rings is 1. The monoisotopic (exact) mass is 376 g/mol. The second-order valence-corrected chi connectivity index (χ2v) is 5.05.